The molecule has 0 saturated carbocycles. The second-order valence-corrected chi connectivity index (χ2v) is 2.57. The molecule has 1 amide bonds. The van der Waals surface area contributed by atoms with Crippen LogP contribution in [0.4, 0.5) is 13.2 Å². The number of nitrogens with one attached hydrogen (secondary N) is 1. The van der Waals surface area contributed by atoms with Gasteiger partial charge in [-0.15, -0.1) is 0 Å². The van der Waals surface area contributed by atoms with E-state index in [1.807, 2.05) is 5.10 Å². The highest BCUT2D eigenvalue weighted by molar-refractivity contribution is 5.90. The Bertz CT molecular complexity index is 403. The molecule has 1 aromatic rings. The molecule has 0 atom stereocenters. The highest BCUT2D eigenvalue weighted by atomic mass is 19.4. The van der Waals surface area contributed by atoms with Gasteiger partial charge in [-0.1, -0.05) is 0 Å². The van der Waals surface area contributed by atoms with Crippen LogP contribution in [0.5, 0.6) is 0 Å². The van der Waals surface area contributed by atoms with Crippen LogP contribution in [-0.4, -0.2) is 21.9 Å². The number of halogens is 3. The Hall–Kier alpha value is -1.73. The SMILES string of the molecule is NC(=O)c1cc(=O)n(CC(F)(F)F)[nH]1. The Morgan fingerprint density at radius 2 is 2.14 bits per heavy atom. The van der Waals surface area contributed by atoms with Crippen LogP contribution in [0.25, 0.3) is 0 Å². The van der Waals surface area contributed by atoms with E-state index in [1.54, 1.807) is 0 Å². The van der Waals surface area contributed by atoms with Gasteiger partial charge in [0.25, 0.3) is 11.5 Å². The molecule has 0 aliphatic carbocycles. The van der Waals surface area contributed by atoms with Crippen molar-refractivity contribution in [1.29, 1.82) is 0 Å². The molecule has 0 aliphatic heterocycles. The molecule has 14 heavy (non-hydrogen) atoms. The number of H-pyrrole nitrogens is 1. The van der Waals surface area contributed by atoms with Gasteiger partial charge in [0.15, 0.2) is 0 Å². The van der Waals surface area contributed by atoms with Crippen LogP contribution in [0.3, 0.4) is 0 Å². The standard InChI is InChI=1S/C6H6F3N3O2/c7-6(8,9)2-12-4(13)1-3(11-12)5(10)14/h1,11H,2H2,(H2,10,14). The number of alkyl halides is 3. The molecule has 0 bridgehead atoms. The number of rotatable bonds is 2. The van der Waals surface area contributed by atoms with E-state index in [4.69, 9.17) is 5.73 Å². The van der Waals surface area contributed by atoms with Crippen molar-refractivity contribution in [3.63, 3.8) is 0 Å². The lowest BCUT2D eigenvalue weighted by Gasteiger charge is -2.05. The third-order valence-corrected chi connectivity index (χ3v) is 1.39. The van der Waals surface area contributed by atoms with Crippen molar-refractivity contribution in [2.45, 2.75) is 12.7 Å². The molecule has 1 aromatic heterocycles. The Labute approximate surface area is 75.3 Å². The van der Waals surface area contributed by atoms with Crippen molar-refractivity contribution in [3.8, 4) is 0 Å². The zero-order valence-corrected chi connectivity index (χ0v) is 6.76. The minimum atomic E-state index is -4.52. The summed E-state index contributed by atoms with van der Waals surface area (Å²) in [7, 11) is 0. The molecule has 0 saturated heterocycles. The van der Waals surface area contributed by atoms with E-state index < -0.39 is 24.2 Å². The molecule has 0 spiro atoms. The quantitative estimate of drug-likeness (QED) is 0.709. The largest absolute Gasteiger partial charge is 0.408 e. The number of amides is 1. The minimum Gasteiger partial charge on any atom is -0.364 e. The van der Waals surface area contributed by atoms with Crippen molar-refractivity contribution in [2.24, 2.45) is 5.73 Å². The number of nitrogens with two attached hydrogens (primary N) is 1. The summed E-state index contributed by atoms with van der Waals surface area (Å²) in [5.74, 6) is -0.983. The highest BCUT2D eigenvalue weighted by Gasteiger charge is 2.29. The summed E-state index contributed by atoms with van der Waals surface area (Å²) >= 11 is 0. The molecule has 0 unspecified atom stereocenters. The first-order chi connectivity index (χ1) is 6.29. The maximum Gasteiger partial charge on any atom is 0.408 e. The maximum atomic E-state index is 11.8. The molecule has 3 N–H and O–H groups in total. The monoisotopic (exact) mass is 209 g/mol. The normalized spacial score (nSPS) is 11.6. The lowest BCUT2D eigenvalue weighted by atomic mass is 10.4. The predicted octanol–water partition coefficient (Wildman–Crippen LogP) is -0.162. The Balaban J connectivity index is 3.00. The first-order valence-electron chi connectivity index (χ1n) is 3.46. The summed E-state index contributed by atoms with van der Waals surface area (Å²) < 4.78 is 35.8. The molecule has 1 heterocycles. The fourth-order valence-electron chi connectivity index (χ4n) is 0.857. The van der Waals surface area contributed by atoms with Gasteiger partial charge >= 0.3 is 6.18 Å². The number of hydrogen-bond acceptors (Lipinski definition) is 2. The van der Waals surface area contributed by atoms with E-state index in [1.165, 1.54) is 0 Å². The first-order valence-corrected chi connectivity index (χ1v) is 3.46. The van der Waals surface area contributed by atoms with Crippen LogP contribution >= 0.6 is 0 Å². The topological polar surface area (TPSA) is 80.9 Å². The van der Waals surface area contributed by atoms with Crippen LogP contribution in [0.2, 0.25) is 0 Å². The molecule has 0 fully saturated rings. The fourth-order valence-corrected chi connectivity index (χ4v) is 0.857. The van der Waals surface area contributed by atoms with Crippen molar-refractivity contribution < 1.29 is 18.0 Å². The lowest BCUT2D eigenvalue weighted by Crippen LogP contribution is -2.26. The molecule has 0 aliphatic rings. The number of carbonyl (C=O) groups excluding carboxylic acids is 1. The van der Waals surface area contributed by atoms with E-state index >= 15 is 0 Å². The van der Waals surface area contributed by atoms with Gasteiger partial charge in [-0.3, -0.25) is 14.7 Å². The van der Waals surface area contributed by atoms with Crippen LogP contribution in [-0.2, 0) is 6.54 Å². The number of primary amides is 1. The fraction of sp³-hybridized carbons (Fsp3) is 0.333. The van der Waals surface area contributed by atoms with Gasteiger partial charge in [0.1, 0.15) is 12.2 Å². The van der Waals surface area contributed by atoms with Crippen molar-refractivity contribution >= 4 is 5.91 Å². The van der Waals surface area contributed by atoms with Crippen molar-refractivity contribution in [1.82, 2.24) is 9.78 Å². The van der Waals surface area contributed by atoms with E-state index in [0.29, 0.717) is 6.07 Å². The van der Waals surface area contributed by atoms with Crippen LogP contribution < -0.4 is 11.3 Å². The summed E-state index contributed by atoms with van der Waals surface area (Å²) in [4.78, 5) is 21.3. The molecule has 0 radical (unpaired) electrons. The van der Waals surface area contributed by atoms with Gasteiger partial charge in [-0.2, -0.15) is 13.2 Å². The average Bonchev–Trinajstić information content (AvgIpc) is 2.29. The second kappa shape index (κ2) is 3.20. The maximum absolute atomic E-state index is 11.8. The van der Waals surface area contributed by atoms with Gasteiger partial charge in [0.2, 0.25) is 0 Å². The Kier molecular flexibility index (Phi) is 2.37. The third kappa shape index (κ3) is 2.38. The van der Waals surface area contributed by atoms with Gasteiger partial charge < -0.3 is 5.73 Å². The van der Waals surface area contributed by atoms with Gasteiger partial charge in [-0.05, 0) is 0 Å². The number of nitrogens with zero attached hydrogens (tertiary/aromatic N) is 1. The van der Waals surface area contributed by atoms with E-state index in [-0.39, 0.29) is 10.4 Å². The second-order valence-electron chi connectivity index (χ2n) is 2.57. The van der Waals surface area contributed by atoms with Crippen molar-refractivity contribution in [2.75, 3.05) is 0 Å². The van der Waals surface area contributed by atoms with Gasteiger partial charge in [-0.25, -0.2) is 4.68 Å². The van der Waals surface area contributed by atoms with Crippen LogP contribution in [0.15, 0.2) is 10.9 Å². The molecular weight excluding hydrogens is 203 g/mol. The first kappa shape index (κ1) is 10.4. The summed E-state index contributed by atoms with van der Waals surface area (Å²) in [6.07, 6.45) is -4.52. The number of aromatic amines is 1. The van der Waals surface area contributed by atoms with E-state index in [2.05, 4.69) is 0 Å². The zero-order chi connectivity index (χ0) is 10.9. The summed E-state index contributed by atoms with van der Waals surface area (Å²) in [5, 5.41) is 1.95. The molecule has 5 nitrogen and oxygen atoms in total. The predicted molar refractivity (Wildman–Crippen MR) is 39.6 cm³/mol. The molecule has 8 heteroatoms. The number of hydrogen-bond donors (Lipinski definition) is 2. The lowest BCUT2D eigenvalue weighted by molar-refractivity contribution is -0.143. The molecule has 78 valence electrons. The Morgan fingerprint density at radius 3 is 2.50 bits per heavy atom. The molecule has 0 aromatic carbocycles. The Morgan fingerprint density at radius 1 is 1.57 bits per heavy atom. The number of aromatic nitrogens is 2. The zero-order valence-electron chi connectivity index (χ0n) is 6.76. The summed E-state index contributed by atoms with van der Waals surface area (Å²) in [6.45, 7) is -1.47. The summed E-state index contributed by atoms with van der Waals surface area (Å²) in [5.41, 5.74) is 3.46. The molecule has 1 rings (SSSR count). The minimum absolute atomic E-state index is 0.264. The van der Waals surface area contributed by atoms with Crippen LogP contribution in [0, 0.1) is 0 Å². The van der Waals surface area contributed by atoms with E-state index in [0.717, 1.165) is 0 Å². The van der Waals surface area contributed by atoms with Gasteiger partial charge in [0, 0.05) is 6.07 Å². The summed E-state index contributed by atoms with van der Waals surface area (Å²) in [6, 6.07) is 0.716. The third-order valence-electron chi connectivity index (χ3n) is 1.39. The smallest absolute Gasteiger partial charge is 0.364 e. The number of carbonyl (C=O) groups is 1. The van der Waals surface area contributed by atoms with Crippen molar-refractivity contribution in [3.05, 3.63) is 22.1 Å². The molecular formula is C6H6F3N3O2. The average molecular weight is 209 g/mol. The van der Waals surface area contributed by atoms with Crippen LogP contribution in [0.1, 0.15) is 10.5 Å². The van der Waals surface area contributed by atoms with E-state index in [9.17, 15) is 22.8 Å². The van der Waals surface area contributed by atoms with Gasteiger partial charge in [0.05, 0.1) is 0 Å². The highest BCUT2D eigenvalue weighted by Crippen LogP contribution is 2.15.